The van der Waals surface area contributed by atoms with Crippen molar-refractivity contribution in [2.24, 2.45) is 0 Å². The molecule has 0 saturated heterocycles. The number of ether oxygens (including phenoxy) is 2. The first-order chi connectivity index (χ1) is 14.7. The van der Waals surface area contributed by atoms with Gasteiger partial charge in [0.2, 0.25) is 0 Å². The van der Waals surface area contributed by atoms with Crippen molar-refractivity contribution in [1.29, 1.82) is 5.26 Å². The van der Waals surface area contributed by atoms with Crippen LogP contribution in [-0.4, -0.2) is 9.97 Å². The fourth-order valence-electron chi connectivity index (χ4n) is 2.85. The molecule has 0 saturated carbocycles. The Bertz CT molecular complexity index is 1170. The predicted octanol–water partition coefficient (Wildman–Crippen LogP) is 5.54. The second-order valence-electron chi connectivity index (χ2n) is 6.59. The van der Waals surface area contributed by atoms with Gasteiger partial charge in [-0.25, -0.2) is 4.98 Å². The van der Waals surface area contributed by atoms with Crippen LogP contribution in [-0.2, 0) is 13.2 Å². The van der Waals surface area contributed by atoms with Gasteiger partial charge in [0.1, 0.15) is 41.4 Å². The maximum atomic E-state index is 9.10. The molecule has 0 fully saturated rings. The normalized spacial score (nSPS) is 10.4. The monoisotopic (exact) mass is 413 g/mol. The number of hydrogen-bond donors (Lipinski definition) is 0. The van der Waals surface area contributed by atoms with Gasteiger partial charge in [0.15, 0.2) is 0 Å². The van der Waals surface area contributed by atoms with Crippen molar-refractivity contribution >= 4 is 11.3 Å². The Kier molecular flexibility index (Phi) is 6.02. The van der Waals surface area contributed by atoms with Gasteiger partial charge in [0.05, 0.1) is 5.69 Å². The van der Waals surface area contributed by atoms with Crippen molar-refractivity contribution in [3.8, 4) is 28.1 Å². The number of rotatable bonds is 7. The smallest absolute Gasteiger partial charge is 0.140 e. The maximum Gasteiger partial charge on any atom is 0.140 e. The van der Waals surface area contributed by atoms with E-state index >= 15 is 0 Å². The summed E-state index contributed by atoms with van der Waals surface area (Å²) >= 11 is 1.68. The number of hydrogen-bond acceptors (Lipinski definition) is 6. The summed E-state index contributed by atoms with van der Waals surface area (Å²) < 4.78 is 11.7. The van der Waals surface area contributed by atoms with E-state index in [9.17, 15) is 0 Å². The van der Waals surface area contributed by atoms with Crippen LogP contribution in [0.2, 0.25) is 0 Å². The van der Waals surface area contributed by atoms with E-state index in [-0.39, 0.29) is 0 Å². The van der Waals surface area contributed by atoms with Crippen LogP contribution >= 0.6 is 11.3 Å². The fourth-order valence-corrected chi connectivity index (χ4v) is 3.77. The van der Waals surface area contributed by atoms with Crippen molar-refractivity contribution in [2.45, 2.75) is 20.1 Å². The maximum absolute atomic E-state index is 9.10. The molecular weight excluding hydrogens is 394 g/mol. The van der Waals surface area contributed by atoms with Crippen LogP contribution in [0.4, 0.5) is 0 Å². The van der Waals surface area contributed by atoms with E-state index in [1.165, 1.54) is 6.20 Å². The quantitative estimate of drug-likeness (QED) is 0.398. The van der Waals surface area contributed by atoms with Gasteiger partial charge in [-0.15, -0.1) is 11.3 Å². The van der Waals surface area contributed by atoms with Crippen LogP contribution in [0.15, 0.2) is 73.1 Å². The van der Waals surface area contributed by atoms with E-state index in [4.69, 9.17) is 19.7 Å². The Labute approximate surface area is 179 Å². The van der Waals surface area contributed by atoms with E-state index in [0.29, 0.717) is 24.5 Å². The molecule has 0 amide bonds. The van der Waals surface area contributed by atoms with E-state index in [1.807, 2.05) is 42.5 Å². The molecule has 2 heterocycles. The number of benzene rings is 2. The highest BCUT2D eigenvalue weighted by Crippen LogP contribution is 2.28. The van der Waals surface area contributed by atoms with Crippen molar-refractivity contribution < 1.29 is 9.47 Å². The Hall–Kier alpha value is -3.69. The van der Waals surface area contributed by atoms with Gasteiger partial charge in [-0.3, -0.25) is 4.98 Å². The molecule has 6 heteroatoms. The first-order valence-corrected chi connectivity index (χ1v) is 10.2. The number of nitriles is 1. The molecule has 2 aromatic heterocycles. The summed E-state index contributed by atoms with van der Waals surface area (Å²) in [5.41, 5.74) is 3.48. The average Bonchev–Trinajstić information content (AvgIpc) is 3.18. The first kappa shape index (κ1) is 19.6. The van der Waals surface area contributed by atoms with Crippen LogP contribution < -0.4 is 9.47 Å². The minimum atomic E-state index is 0.366. The SMILES string of the molecule is Cc1sc(-c2ccccc2)nc1COc1ccc(COc2ccncc2C#N)cc1. The summed E-state index contributed by atoms with van der Waals surface area (Å²) in [7, 11) is 0. The van der Waals surface area contributed by atoms with Crippen LogP contribution in [0.3, 0.4) is 0 Å². The second-order valence-corrected chi connectivity index (χ2v) is 7.80. The van der Waals surface area contributed by atoms with Gasteiger partial charge in [-0.1, -0.05) is 42.5 Å². The summed E-state index contributed by atoms with van der Waals surface area (Å²) in [5, 5.41) is 10.1. The van der Waals surface area contributed by atoms with Crippen molar-refractivity contribution in [3.63, 3.8) is 0 Å². The van der Waals surface area contributed by atoms with Gasteiger partial charge in [-0.05, 0) is 30.7 Å². The van der Waals surface area contributed by atoms with Crippen LogP contribution in [0.1, 0.15) is 21.7 Å². The Morgan fingerprint density at radius 1 is 0.967 bits per heavy atom. The van der Waals surface area contributed by atoms with Crippen LogP contribution in [0.25, 0.3) is 10.6 Å². The molecule has 0 N–H and O–H groups in total. The average molecular weight is 414 g/mol. The molecule has 2 aromatic carbocycles. The molecule has 4 rings (SSSR count). The van der Waals surface area contributed by atoms with E-state index < -0.39 is 0 Å². The third-order valence-electron chi connectivity index (χ3n) is 4.51. The summed E-state index contributed by atoms with van der Waals surface area (Å²) in [4.78, 5) is 9.82. The third-order valence-corrected chi connectivity index (χ3v) is 5.57. The van der Waals surface area contributed by atoms with E-state index in [1.54, 1.807) is 23.6 Å². The molecule has 0 aliphatic heterocycles. The van der Waals surface area contributed by atoms with Crippen LogP contribution in [0, 0.1) is 18.3 Å². The highest BCUT2D eigenvalue weighted by Gasteiger charge is 2.10. The number of aromatic nitrogens is 2. The second kappa shape index (κ2) is 9.21. The van der Waals surface area contributed by atoms with Crippen molar-refractivity contribution in [1.82, 2.24) is 9.97 Å². The molecule has 0 unspecified atom stereocenters. The Morgan fingerprint density at radius 3 is 2.53 bits per heavy atom. The Morgan fingerprint density at radius 2 is 1.77 bits per heavy atom. The van der Waals surface area contributed by atoms with Crippen molar-refractivity contribution in [2.75, 3.05) is 0 Å². The van der Waals surface area contributed by atoms with E-state index in [0.717, 1.165) is 32.5 Å². The molecule has 30 heavy (non-hydrogen) atoms. The van der Waals surface area contributed by atoms with Crippen molar-refractivity contribution in [3.05, 3.63) is 94.8 Å². The largest absolute Gasteiger partial charge is 0.487 e. The topological polar surface area (TPSA) is 68.0 Å². The van der Waals surface area contributed by atoms with Gasteiger partial charge >= 0.3 is 0 Å². The Balaban J connectivity index is 1.35. The molecule has 4 aromatic rings. The number of aryl methyl sites for hydroxylation is 1. The minimum absolute atomic E-state index is 0.366. The zero-order valence-electron chi connectivity index (χ0n) is 16.4. The number of pyridine rings is 1. The zero-order chi connectivity index (χ0) is 20.8. The van der Waals surface area contributed by atoms with Crippen LogP contribution in [0.5, 0.6) is 11.5 Å². The summed E-state index contributed by atoms with van der Waals surface area (Å²) in [6.07, 6.45) is 3.10. The molecule has 0 bridgehead atoms. The number of thiazole rings is 1. The molecule has 148 valence electrons. The first-order valence-electron chi connectivity index (χ1n) is 9.43. The number of nitrogens with zero attached hydrogens (tertiary/aromatic N) is 3. The minimum Gasteiger partial charge on any atom is -0.487 e. The van der Waals surface area contributed by atoms with Gasteiger partial charge in [-0.2, -0.15) is 5.26 Å². The summed E-state index contributed by atoms with van der Waals surface area (Å²) in [5.74, 6) is 1.30. The lowest BCUT2D eigenvalue weighted by Gasteiger charge is -2.09. The molecule has 0 aliphatic carbocycles. The molecular formula is C24H19N3O2S. The molecule has 0 radical (unpaired) electrons. The van der Waals surface area contributed by atoms with Gasteiger partial charge in [0, 0.05) is 22.8 Å². The summed E-state index contributed by atoms with van der Waals surface area (Å²) in [6, 6.07) is 21.7. The molecule has 0 aliphatic rings. The lowest BCUT2D eigenvalue weighted by Crippen LogP contribution is -1.99. The molecule has 0 spiro atoms. The third kappa shape index (κ3) is 4.65. The highest BCUT2D eigenvalue weighted by molar-refractivity contribution is 7.15. The fraction of sp³-hybridized carbons (Fsp3) is 0.125. The predicted molar refractivity (Wildman–Crippen MR) is 116 cm³/mol. The molecule has 0 atom stereocenters. The molecule has 5 nitrogen and oxygen atoms in total. The lowest BCUT2D eigenvalue weighted by atomic mass is 10.2. The summed E-state index contributed by atoms with van der Waals surface area (Å²) in [6.45, 7) is 2.86. The lowest BCUT2D eigenvalue weighted by molar-refractivity contribution is 0.297. The standard InChI is InChI=1S/C24H19N3O2S/c1-17-22(27-24(30-17)19-5-3-2-4-6-19)16-28-21-9-7-18(8-10-21)15-29-23-11-12-26-14-20(23)13-25/h2-12,14H,15-16H2,1H3. The van der Waals surface area contributed by atoms with Gasteiger partial charge in [0.25, 0.3) is 0 Å². The zero-order valence-corrected chi connectivity index (χ0v) is 17.2. The van der Waals surface area contributed by atoms with Gasteiger partial charge < -0.3 is 9.47 Å². The van der Waals surface area contributed by atoms with E-state index in [2.05, 4.69) is 30.1 Å². The highest BCUT2D eigenvalue weighted by atomic mass is 32.1.